The largest absolute Gasteiger partial charge is 0.309 e. The van der Waals surface area contributed by atoms with Gasteiger partial charge in [-0.2, -0.15) is 0 Å². The highest BCUT2D eigenvalue weighted by molar-refractivity contribution is 6.13. The third kappa shape index (κ3) is 5.34. The van der Waals surface area contributed by atoms with Crippen LogP contribution in [0.4, 0.5) is 0 Å². The van der Waals surface area contributed by atoms with Crippen molar-refractivity contribution in [3.63, 3.8) is 0 Å². The van der Waals surface area contributed by atoms with E-state index in [9.17, 15) is 0 Å². The van der Waals surface area contributed by atoms with Crippen molar-refractivity contribution in [2.45, 2.75) is 19.3 Å². The van der Waals surface area contributed by atoms with Crippen molar-refractivity contribution < 1.29 is 0 Å². The molecule has 4 heteroatoms. The number of hydrogen-bond acceptors (Lipinski definition) is 2. The Kier molecular flexibility index (Phi) is 7.62. The molecule has 0 fully saturated rings. The van der Waals surface area contributed by atoms with E-state index < -0.39 is 0 Å². The molecule has 12 aromatic rings. The monoisotopic (exact) mass is 804 g/mol. The Morgan fingerprint density at radius 1 is 0.349 bits per heavy atom. The van der Waals surface area contributed by atoms with Crippen molar-refractivity contribution in [3.05, 3.63) is 217 Å². The van der Waals surface area contributed by atoms with Crippen LogP contribution in [0.15, 0.2) is 206 Å². The van der Waals surface area contributed by atoms with E-state index in [2.05, 4.69) is 229 Å². The summed E-state index contributed by atoms with van der Waals surface area (Å²) >= 11 is 0. The maximum Gasteiger partial charge on any atom is 0.235 e. The fourth-order valence-corrected chi connectivity index (χ4v) is 10.5. The Hall–Kier alpha value is -8.08. The molecule has 0 saturated carbocycles. The Balaban J connectivity index is 1.01. The molecular formula is C59H40N4. The second-order valence-corrected chi connectivity index (χ2v) is 17.4. The predicted octanol–water partition coefficient (Wildman–Crippen LogP) is 15.1. The van der Waals surface area contributed by atoms with E-state index in [1.54, 1.807) is 0 Å². The van der Waals surface area contributed by atoms with Gasteiger partial charge in [0.05, 0.1) is 33.3 Å². The second-order valence-electron chi connectivity index (χ2n) is 17.4. The normalized spacial score (nSPS) is 13.0. The van der Waals surface area contributed by atoms with E-state index in [0.717, 1.165) is 44.4 Å². The zero-order valence-corrected chi connectivity index (χ0v) is 34.9. The van der Waals surface area contributed by atoms with E-state index in [0.29, 0.717) is 5.95 Å². The molecule has 0 aliphatic heterocycles. The topological polar surface area (TPSA) is 35.6 Å². The molecular weight excluding hydrogens is 765 g/mol. The first kappa shape index (κ1) is 35.7. The van der Waals surface area contributed by atoms with Crippen LogP contribution < -0.4 is 0 Å². The first-order chi connectivity index (χ1) is 31.0. The smallest absolute Gasteiger partial charge is 0.235 e. The molecule has 1 aliphatic rings. The highest BCUT2D eigenvalue weighted by Crippen LogP contribution is 2.51. The van der Waals surface area contributed by atoms with Gasteiger partial charge in [0.15, 0.2) is 0 Å². The van der Waals surface area contributed by atoms with E-state index in [1.807, 2.05) is 0 Å². The summed E-state index contributed by atoms with van der Waals surface area (Å²) in [7, 11) is 0. The minimum Gasteiger partial charge on any atom is -0.309 e. The lowest BCUT2D eigenvalue weighted by Crippen LogP contribution is -2.15. The number of rotatable bonds is 5. The zero-order chi connectivity index (χ0) is 41.8. The summed E-state index contributed by atoms with van der Waals surface area (Å²) in [4.78, 5) is 10.7. The van der Waals surface area contributed by atoms with Gasteiger partial charge < -0.3 is 4.57 Å². The molecule has 0 spiro atoms. The lowest BCUT2D eigenvalue weighted by molar-refractivity contribution is 0.661. The first-order valence-electron chi connectivity index (χ1n) is 21.7. The number of benzene rings is 9. The molecule has 3 aromatic heterocycles. The quantitative estimate of drug-likeness (QED) is 0.174. The summed E-state index contributed by atoms with van der Waals surface area (Å²) in [5, 5.41) is 5.89. The van der Waals surface area contributed by atoms with E-state index in [-0.39, 0.29) is 5.41 Å². The van der Waals surface area contributed by atoms with E-state index in [1.165, 1.54) is 71.5 Å². The summed E-state index contributed by atoms with van der Waals surface area (Å²) in [6, 6.07) is 74.8. The van der Waals surface area contributed by atoms with Crippen LogP contribution in [0.5, 0.6) is 0 Å². The van der Waals surface area contributed by atoms with Gasteiger partial charge in [0, 0.05) is 43.6 Å². The van der Waals surface area contributed by atoms with Crippen molar-refractivity contribution in [3.8, 4) is 56.3 Å². The van der Waals surface area contributed by atoms with Crippen LogP contribution >= 0.6 is 0 Å². The third-order valence-electron chi connectivity index (χ3n) is 13.5. The minimum absolute atomic E-state index is 0.161. The molecule has 1 aliphatic carbocycles. The van der Waals surface area contributed by atoms with Crippen LogP contribution in [0.1, 0.15) is 25.0 Å². The molecule has 63 heavy (non-hydrogen) atoms. The van der Waals surface area contributed by atoms with Gasteiger partial charge in [0.25, 0.3) is 0 Å². The van der Waals surface area contributed by atoms with Crippen molar-refractivity contribution in [1.29, 1.82) is 0 Å². The Morgan fingerprint density at radius 2 is 0.921 bits per heavy atom. The first-order valence-corrected chi connectivity index (χ1v) is 21.7. The second kappa shape index (κ2) is 13.5. The molecule has 296 valence electrons. The molecule has 9 aromatic carbocycles. The third-order valence-corrected chi connectivity index (χ3v) is 13.5. The number of fused-ring (bicyclic) bond motifs is 10. The highest BCUT2D eigenvalue weighted by Gasteiger charge is 2.36. The van der Waals surface area contributed by atoms with Crippen molar-refractivity contribution in [2.24, 2.45) is 0 Å². The summed E-state index contributed by atoms with van der Waals surface area (Å²) < 4.78 is 4.67. The molecule has 0 unspecified atom stereocenters. The molecule has 0 saturated heterocycles. The van der Waals surface area contributed by atoms with Crippen LogP contribution in [0.2, 0.25) is 0 Å². The number of nitrogens with zero attached hydrogens (tertiary/aromatic N) is 4. The summed E-state index contributed by atoms with van der Waals surface area (Å²) in [6.07, 6.45) is 0. The van der Waals surface area contributed by atoms with Gasteiger partial charge in [-0.05, 0) is 111 Å². The molecule has 0 amide bonds. The van der Waals surface area contributed by atoms with Crippen molar-refractivity contribution in [1.82, 2.24) is 19.1 Å². The fraction of sp³-hybridized carbons (Fsp3) is 0.0508. The molecule has 13 rings (SSSR count). The standard InChI is InChI=1S/C59H40N4/c1-59(2)50-25-12-9-22-43(50)46-35-49-48-34-41(29-31-55(48)63(56(49)36-51(46)59)58-60-52-26-13-10-24-45(52)57(61-58)37-16-5-3-6-17-37)39-19-15-18-38(32-39)40-28-30-54-47(33-40)44-23-11-14-27-53(44)62(54)42-20-7-4-8-21-42/h3-36H,1-2H3. The van der Waals surface area contributed by atoms with Gasteiger partial charge in [-0.1, -0.05) is 153 Å². The lowest BCUT2D eigenvalue weighted by Gasteiger charge is -2.21. The minimum atomic E-state index is -0.161. The van der Waals surface area contributed by atoms with Gasteiger partial charge >= 0.3 is 0 Å². The SMILES string of the molecule is CC1(C)c2ccccc2-c2cc3c4cc(-c5cccc(-c6ccc7c(c6)c6ccccc6n7-c6ccccc6)c5)ccc4n(-c4nc(-c5ccccc5)c5ccccc5n4)c3cc21. The summed E-state index contributed by atoms with van der Waals surface area (Å²) in [5.41, 5.74) is 18.5. The molecule has 0 radical (unpaired) electrons. The number of aromatic nitrogens is 4. The van der Waals surface area contributed by atoms with Gasteiger partial charge in [0.2, 0.25) is 5.95 Å². The van der Waals surface area contributed by atoms with Crippen LogP contribution in [-0.2, 0) is 5.41 Å². The maximum atomic E-state index is 5.42. The maximum absolute atomic E-state index is 5.42. The van der Waals surface area contributed by atoms with Crippen LogP contribution in [-0.4, -0.2) is 19.1 Å². The van der Waals surface area contributed by atoms with Gasteiger partial charge in [0.1, 0.15) is 0 Å². The van der Waals surface area contributed by atoms with Crippen LogP contribution in [0, 0.1) is 0 Å². The van der Waals surface area contributed by atoms with Gasteiger partial charge in [-0.15, -0.1) is 0 Å². The average molecular weight is 805 g/mol. The molecule has 0 N–H and O–H groups in total. The lowest BCUT2D eigenvalue weighted by atomic mass is 9.82. The number of hydrogen-bond donors (Lipinski definition) is 0. The Morgan fingerprint density at radius 3 is 1.70 bits per heavy atom. The van der Waals surface area contributed by atoms with Crippen molar-refractivity contribution in [2.75, 3.05) is 0 Å². The van der Waals surface area contributed by atoms with Gasteiger partial charge in [-0.25, -0.2) is 9.97 Å². The summed E-state index contributed by atoms with van der Waals surface area (Å²) in [6.45, 7) is 4.70. The summed E-state index contributed by atoms with van der Waals surface area (Å²) in [5.74, 6) is 0.666. The molecule has 0 bridgehead atoms. The fourth-order valence-electron chi connectivity index (χ4n) is 10.5. The number of para-hydroxylation sites is 3. The molecule has 3 heterocycles. The predicted molar refractivity (Wildman–Crippen MR) is 262 cm³/mol. The zero-order valence-electron chi connectivity index (χ0n) is 34.9. The van der Waals surface area contributed by atoms with Crippen LogP contribution in [0.3, 0.4) is 0 Å². The average Bonchev–Trinajstić information content (AvgIpc) is 3.93. The molecule has 4 nitrogen and oxygen atoms in total. The van der Waals surface area contributed by atoms with Gasteiger partial charge in [-0.3, -0.25) is 4.57 Å². The van der Waals surface area contributed by atoms with E-state index >= 15 is 0 Å². The molecule has 0 atom stereocenters. The van der Waals surface area contributed by atoms with Crippen molar-refractivity contribution >= 4 is 54.5 Å². The van der Waals surface area contributed by atoms with E-state index in [4.69, 9.17) is 9.97 Å². The Bertz CT molecular complexity index is 3820. The Labute approximate surface area is 365 Å². The van der Waals surface area contributed by atoms with Crippen LogP contribution in [0.25, 0.3) is 111 Å². The highest BCUT2D eigenvalue weighted by atomic mass is 15.2.